The van der Waals surface area contributed by atoms with E-state index in [1.54, 1.807) is 0 Å². The Balaban J connectivity index is 2.24. The zero-order chi connectivity index (χ0) is 16.3. The molecular formula is C19H26ClNO. The number of piperidine rings is 1. The average molecular weight is 320 g/mol. The first-order chi connectivity index (χ1) is 10.4. The quantitative estimate of drug-likeness (QED) is 0.679. The molecule has 0 aliphatic carbocycles. The first-order valence-electron chi connectivity index (χ1n) is 8.08. The van der Waals surface area contributed by atoms with E-state index < -0.39 is 0 Å². The summed E-state index contributed by atoms with van der Waals surface area (Å²) in [5.74, 6) is 0.838. The van der Waals surface area contributed by atoms with Gasteiger partial charge in [-0.3, -0.25) is 4.79 Å². The van der Waals surface area contributed by atoms with Crippen molar-refractivity contribution in [1.29, 1.82) is 0 Å². The third-order valence-corrected chi connectivity index (χ3v) is 4.46. The molecule has 1 fully saturated rings. The van der Waals surface area contributed by atoms with E-state index in [-0.39, 0.29) is 17.9 Å². The van der Waals surface area contributed by atoms with E-state index in [2.05, 4.69) is 25.3 Å². The summed E-state index contributed by atoms with van der Waals surface area (Å²) < 4.78 is 0. The van der Waals surface area contributed by atoms with Crippen molar-refractivity contribution >= 4 is 17.5 Å². The van der Waals surface area contributed by atoms with Crippen molar-refractivity contribution in [2.45, 2.75) is 46.1 Å². The predicted octanol–water partition coefficient (Wildman–Crippen LogP) is 5.24. The van der Waals surface area contributed by atoms with Crippen LogP contribution in [0.5, 0.6) is 0 Å². The zero-order valence-corrected chi connectivity index (χ0v) is 14.6. The van der Waals surface area contributed by atoms with Crippen LogP contribution in [0.25, 0.3) is 0 Å². The van der Waals surface area contributed by atoms with Crippen molar-refractivity contribution < 1.29 is 4.79 Å². The number of benzene rings is 1. The molecule has 22 heavy (non-hydrogen) atoms. The standard InChI is InChI=1S/C19H26ClNO/c1-13(2)11-16-7-10-18(15-5-8-17(20)9-6-15)21(19(16)22)12-14(3)4/h5-6,8-9,14,16,18H,1,7,10-12H2,2-4H3. The van der Waals surface area contributed by atoms with Crippen LogP contribution in [0.1, 0.15) is 51.6 Å². The van der Waals surface area contributed by atoms with Gasteiger partial charge in [-0.25, -0.2) is 0 Å². The number of nitrogens with zero attached hydrogens (tertiary/aromatic N) is 1. The van der Waals surface area contributed by atoms with Gasteiger partial charge in [0.15, 0.2) is 0 Å². The van der Waals surface area contributed by atoms with Crippen LogP contribution in [0, 0.1) is 11.8 Å². The molecule has 0 bridgehead atoms. The fourth-order valence-corrected chi connectivity index (χ4v) is 3.40. The van der Waals surface area contributed by atoms with Crippen LogP contribution in [0.3, 0.4) is 0 Å². The van der Waals surface area contributed by atoms with E-state index in [1.807, 2.05) is 31.2 Å². The van der Waals surface area contributed by atoms with Gasteiger partial charge >= 0.3 is 0 Å². The average Bonchev–Trinajstić information content (AvgIpc) is 2.44. The highest BCUT2D eigenvalue weighted by Crippen LogP contribution is 2.37. The van der Waals surface area contributed by atoms with E-state index in [4.69, 9.17) is 11.6 Å². The Kier molecular flexibility index (Phi) is 5.69. The maximum atomic E-state index is 12.9. The molecule has 1 amide bonds. The molecule has 1 aromatic carbocycles. The fraction of sp³-hybridized carbons (Fsp3) is 0.526. The highest BCUT2D eigenvalue weighted by atomic mass is 35.5. The summed E-state index contributed by atoms with van der Waals surface area (Å²) >= 11 is 5.99. The molecule has 2 nitrogen and oxygen atoms in total. The van der Waals surface area contributed by atoms with Crippen molar-refractivity contribution in [3.05, 3.63) is 47.0 Å². The van der Waals surface area contributed by atoms with Crippen molar-refractivity contribution in [2.75, 3.05) is 6.54 Å². The van der Waals surface area contributed by atoms with E-state index >= 15 is 0 Å². The lowest BCUT2D eigenvalue weighted by molar-refractivity contribution is -0.142. The number of amides is 1. The SMILES string of the molecule is C=C(C)CC1CCC(c2ccc(Cl)cc2)N(CC(C)C)C1=O. The highest BCUT2D eigenvalue weighted by molar-refractivity contribution is 6.30. The maximum Gasteiger partial charge on any atom is 0.226 e. The van der Waals surface area contributed by atoms with Crippen LogP contribution in [0.2, 0.25) is 5.02 Å². The Bertz CT molecular complexity index is 535. The van der Waals surface area contributed by atoms with Crippen LogP contribution in [0.15, 0.2) is 36.4 Å². The highest BCUT2D eigenvalue weighted by Gasteiger charge is 2.35. The van der Waals surface area contributed by atoms with Crippen LogP contribution in [-0.2, 0) is 4.79 Å². The summed E-state index contributed by atoms with van der Waals surface area (Å²) in [6, 6.07) is 8.09. The Morgan fingerprint density at radius 3 is 2.50 bits per heavy atom. The second kappa shape index (κ2) is 7.32. The summed E-state index contributed by atoms with van der Waals surface area (Å²) in [5.41, 5.74) is 2.28. The Morgan fingerprint density at radius 2 is 1.95 bits per heavy atom. The monoisotopic (exact) mass is 319 g/mol. The summed E-state index contributed by atoms with van der Waals surface area (Å²) in [4.78, 5) is 15.0. The Hall–Kier alpha value is -1.28. The van der Waals surface area contributed by atoms with E-state index in [0.29, 0.717) is 5.92 Å². The molecule has 120 valence electrons. The molecule has 1 aromatic rings. The van der Waals surface area contributed by atoms with Crippen molar-refractivity contribution in [1.82, 2.24) is 4.90 Å². The molecule has 0 N–H and O–H groups in total. The van der Waals surface area contributed by atoms with Gasteiger partial charge in [0.05, 0.1) is 6.04 Å². The van der Waals surface area contributed by atoms with Gasteiger partial charge in [-0.15, -0.1) is 6.58 Å². The van der Waals surface area contributed by atoms with Gasteiger partial charge in [0.2, 0.25) is 5.91 Å². The molecule has 1 heterocycles. The third-order valence-electron chi connectivity index (χ3n) is 4.21. The Labute approximate surface area is 139 Å². The number of carbonyl (C=O) groups is 1. The van der Waals surface area contributed by atoms with Gasteiger partial charge in [0.1, 0.15) is 0 Å². The largest absolute Gasteiger partial charge is 0.335 e. The first-order valence-corrected chi connectivity index (χ1v) is 8.46. The third kappa shape index (κ3) is 4.13. The number of hydrogen-bond acceptors (Lipinski definition) is 1. The number of allylic oxidation sites excluding steroid dienone is 1. The predicted molar refractivity (Wildman–Crippen MR) is 92.9 cm³/mol. The zero-order valence-electron chi connectivity index (χ0n) is 13.8. The normalized spacial score (nSPS) is 22.2. The van der Waals surface area contributed by atoms with Gasteiger partial charge in [-0.2, -0.15) is 0 Å². The summed E-state index contributed by atoms with van der Waals surface area (Å²) in [6.07, 6.45) is 2.76. The topological polar surface area (TPSA) is 20.3 Å². The second-order valence-corrected chi connectivity index (χ2v) is 7.32. The first kappa shape index (κ1) is 17.1. The smallest absolute Gasteiger partial charge is 0.226 e. The molecule has 2 atom stereocenters. The number of likely N-dealkylation sites (tertiary alicyclic amines) is 1. The number of hydrogen-bond donors (Lipinski definition) is 0. The van der Waals surface area contributed by atoms with Crippen LogP contribution in [-0.4, -0.2) is 17.4 Å². The molecule has 0 aromatic heterocycles. The molecule has 0 spiro atoms. The van der Waals surface area contributed by atoms with E-state index in [0.717, 1.165) is 36.4 Å². The maximum absolute atomic E-state index is 12.9. The van der Waals surface area contributed by atoms with Crippen LogP contribution < -0.4 is 0 Å². The number of rotatable bonds is 5. The van der Waals surface area contributed by atoms with Gasteiger partial charge in [0, 0.05) is 17.5 Å². The van der Waals surface area contributed by atoms with Crippen molar-refractivity contribution in [3.8, 4) is 0 Å². The lowest BCUT2D eigenvalue weighted by Gasteiger charge is -2.41. The van der Waals surface area contributed by atoms with Crippen LogP contribution >= 0.6 is 11.6 Å². The molecule has 1 aliphatic heterocycles. The minimum atomic E-state index is 0.0970. The summed E-state index contributed by atoms with van der Waals surface area (Å²) in [6.45, 7) is 11.1. The van der Waals surface area contributed by atoms with Gasteiger partial charge in [-0.05, 0) is 49.8 Å². The molecule has 3 heteroatoms. The molecule has 0 saturated carbocycles. The molecule has 1 aliphatic rings. The number of halogens is 1. The lowest BCUT2D eigenvalue weighted by Crippen LogP contribution is -2.45. The van der Waals surface area contributed by atoms with Gasteiger partial charge in [0.25, 0.3) is 0 Å². The minimum absolute atomic E-state index is 0.0970. The second-order valence-electron chi connectivity index (χ2n) is 6.89. The minimum Gasteiger partial charge on any atom is -0.335 e. The van der Waals surface area contributed by atoms with Crippen molar-refractivity contribution in [3.63, 3.8) is 0 Å². The molecule has 0 radical (unpaired) electrons. The van der Waals surface area contributed by atoms with Crippen LogP contribution in [0.4, 0.5) is 0 Å². The van der Waals surface area contributed by atoms with E-state index in [1.165, 1.54) is 5.56 Å². The van der Waals surface area contributed by atoms with Crippen molar-refractivity contribution in [2.24, 2.45) is 11.8 Å². The van der Waals surface area contributed by atoms with Gasteiger partial charge in [-0.1, -0.05) is 43.2 Å². The fourth-order valence-electron chi connectivity index (χ4n) is 3.28. The Morgan fingerprint density at radius 1 is 1.32 bits per heavy atom. The molecule has 2 unspecified atom stereocenters. The molecule has 1 saturated heterocycles. The van der Waals surface area contributed by atoms with Gasteiger partial charge < -0.3 is 4.90 Å². The summed E-state index contributed by atoms with van der Waals surface area (Å²) in [5, 5.41) is 0.737. The lowest BCUT2D eigenvalue weighted by atomic mass is 9.84. The summed E-state index contributed by atoms with van der Waals surface area (Å²) in [7, 11) is 0. The number of carbonyl (C=O) groups excluding carboxylic acids is 1. The van der Waals surface area contributed by atoms with E-state index in [9.17, 15) is 4.79 Å². The molecule has 2 rings (SSSR count). The molecular weight excluding hydrogens is 294 g/mol.